The summed E-state index contributed by atoms with van der Waals surface area (Å²) in [6.45, 7) is 0.886. The summed E-state index contributed by atoms with van der Waals surface area (Å²) in [4.78, 5) is 0. The third-order valence-corrected chi connectivity index (χ3v) is 2.74. The molecule has 3 aliphatic heterocycles. The molecule has 0 aliphatic carbocycles. The first-order valence-corrected chi connectivity index (χ1v) is 4.62. The van der Waals surface area contributed by atoms with Gasteiger partial charge in [-0.1, -0.05) is 0 Å². The molecule has 5 atom stereocenters. The maximum atomic E-state index is 9.85. The average molecular weight is 204 g/mol. The first-order valence-electron chi connectivity index (χ1n) is 4.62. The number of aliphatic hydroxyl groups excluding tert-OH is 1. The second kappa shape index (κ2) is 3.41. The van der Waals surface area contributed by atoms with Gasteiger partial charge in [0.05, 0.1) is 6.61 Å². The molecule has 14 heavy (non-hydrogen) atoms. The van der Waals surface area contributed by atoms with E-state index >= 15 is 0 Å². The fourth-order valence-electron chi connectivity index (χ4n) is 2.00. The second-order valence-electron chi connectivity index (χ2n) is 3.57. The molecule has 0 saturated carbocycles. The predicted molar refractivity (Wildman–Crippen MR) is 41.2 cm³/mol. The van der Waals surface area contributed by atoms with Crippen molar-refractivity contribution >= 4 is 0 Å². The molecule has 80 valence electrons. The number of aliphatic hydroxyl groups is 1. The standard InChI is InChI=1S/C8H12O6/c9-5-6(4-1-10-2-11-4)14-8-7(5)12-3-13-8/h4-9H,1-3H2. The van der Waals surface area contributed by atoms with E-state index in [2.05, 4.69) is 0 Å². The number of ether oxygens (including phenoxy) is 5. The Morgan fingerprint density at radius 2 is 1.93 bits per heavy atom. The van der Waals surface area contributed by atoms with E-state index in [1.54, 1.807) is 0 Å². The maximum absolute atomic E-state index is 9.85. The van der Waals surface area contributed by atoms with Crippen molar-refractivity contribution in [2.24, 2.45) is 0 Å². The normalized spacial score (nSPS) is 52.5. The zero-order valence-corrected chi connectivity index (χ0v) is 7.50. The van der Waals surface area contributed by atoms with Crippen LogP contribution >= 0.6 is 0 Å². The van der Waals surface area contributed by atoms with Crippen LogP contribution in [0.2, 0.25) is 0 Å². The van der Waals surface area contributed by atoms with Gasteiger partial charge in [-0.3, -0.25) is 0 Å². The zero-order chi connectivity index (χ0) is 9.54. The monoisotopic (exact) mass is 204 g/mol. The third-order valence-electron chi connectivity index (χ3n) is 2.74. The maximum Gasteiger partial charge on any atom is 0.189 e. The molecule has 0 radical (unpaired) electrons. The summed E-state index contributed by atoms with van der Waals surface area (Å²) in [5.74, 6) is 0. The van der Waals surface area contributed by atoms with Crippen molar-refractivity contribution in [1.82, 2.24) is 0 Å². The van der Waals surface area contributed by atoms with Crippen LogP contribution in [0.25, 0.3) is 0 Å². The van der Waals surface area contributed by atoms with Gasteiger partial charge in [0.2, 0.25) is 0 Å². The molecular weight excluding hydrogens is 192 g/mol. The third kappa shape index (κ3) is 1.27. The van der Waals surface area contributed by atoms with Gasteiger partial charge in [-0.25, -0.2) is 0 Å². The van der Waals surface area contributed by atoms with Crippen LogP contribution in [-0.4, -0.2) is 56.0 Å². The van der Waals surface area contributed by atoms with Gasteiger partial charge in [-0.05, 0) is 0 Å². The van der Waals surface area contributed by atoms with E-state index in [4.69, 9.17) is 23.7 Å². The van der Waals surface area contributed by atoms with Crippen LogP contribution in [0.5, 0.6) is 0 Å². The molecule has 3 heterocycles. The van der Waals surface area contributed by atoms with Crippen molar-refractivity contribution in [2.45, 2.75) is 30.7 Å². The minimum Gasteiger partial charge on any atom is -0.387 e. The van der Waals surface area contributed by atoms with Gasteiger partial charge in [0, 0.05) is 0 Å². The van der Waals surface area contributed by atoms with Crippen molar-refractivity contribution in [2.75, 3.05) is 20.2 Å². The van der Waals surface area contributed by atoms with Gasteiger partial charge in [0.1, 0.15) is 31.2 Å². The van der Waals surface area contributed by atoms with Crippen LogP contribution in [0.4, 0.5) is 0 Å². The molecule has 3 rings (SSSR count). The SMILES string of the molecule is OC1C(C2COCO2)OC2OCOC21. The van der Waals surface area contributed by atoms with E-state index < -0.39 is 18.5 Å². The van der Waals surface area contributed by atoms with Gasteiger partial charge in [0.15, 0.2) is 13.1 Å². The molecule has 0 bridgehead atoms. The molecule has 3 fully saturated rings. The average Bonchev–Trinajstić information content (AvgIpc) is 2.84. The minimum absolute atomic E-state index is 0.182. The molecule has 5 unspecified atom stereocenters. The van der Waals surface area contributed by atoms with E-state index in [-0.39, 0.29) is 25.8 Å². The van der Waals surface area contributed by atoms with Crippen LogP contribution < -0.4 is 0 Å². The molecule has 6 heteroatoms. The van der Waals surface area contributed by atoms with Crippen molar-refractivity contribution < 1.29 is 28.8 Å². The predicted octanol–water partition coefficient (Wildman–Crippen LogP) is -1.18. The molecular formula is C8H12O6. The molecule has 3 aliphatic rings. The summed E-state index contributed by atoms with van der Waals surface area (Å²) in [5, 5.41) is 9.85. The molecule has 0 amide bonds. The van der Waals surface area contributed by atoms with Gasteiger partial charge in [-0.15, -0.1) is 0 Å². The summed E-state index contributed by atoms with van der Waals surface area (Å²) in [7, 11) is 0. The lowest BCUT2D eigenvalue weighted by molar-refractivity contribution is -0.155. The van der Waals surface area contributed by atoms with Gasteiger partial charge >= 0.3 is 0 Å². The van der Waals surface area contributed by atoms with Crippen molar-refractivity contribution in [3.63, 3.8) is 0 Å². The molecule has 1 N–H and O–H groups in total. The van der Waals surface area contributed by atoms with Crippen molar-refractivity contribution in [3.05, 3.63) is 0 Å². The van der Waals surface area contributed by atoms with Crippen LogP contribution in [0, 0.1) is 0 Å². The summed E-state index contributed by atoms with van der Waals surface area (Å²) in [5.41, 5.74) is 0. The molecule has 0 aromatic heterocycles. The first kappa shape index (κ1) is 9.02. The molecule has 0 aromatic rings. The molecule has 3 saturated heterocycles. The summed E-state index contributed by atoms with van der Waals surface area (Å²) < 4.78 is 26.1. The first-order chi connectivity index (χ1) is 6.86. The fraction of sp³-hybridized carbons (Fsp3) is 1.00. The van der Waals surface area contributed by atoms with Crippen molar-refractivity contribution in [3.8, 4) is 0 Å². The lowest BCUT2D eigenvalue weighted by Crippen LogP contribution is -2.40. The Morgan fingerprint density at radius 1 is 1.00 bits per heavy atom. The van der Waals surface area contributed by atoms with E-state index in [1.807, 2.05) is 0 Å². The summed E-state index contributed by atoms with van der Waals surface area (Å²) >= 11 is 0. The highest BCUT2D eigenvalue weighted by Crippen LogP contribution is 2.32. The highest BCUT2D eigenvalue weighted by molar-refractivity contribution is 4.94. The highest BCUT2D eigenvalue weighted by atomic mass is 16.8. The lowest BCUT2D eigenvalue weighted by atomic mass is 10.1. The molecule has 6 nitrogen and oxygen atoms in total. The minimum atomic E-state index is -0.700. The van der Waals surface area contributed by atoms with E-state index in [0.29, 0.717) is 6.61 Å². The highest BCUT2D eigenvalue weighted by Gasteiger charge is 2.52. The fourth-order valence-corrected chi connectivity index (χ4v) is 2.00. The molecule has 0 aromatic carbocycles. The Balaban J connectivity index is 1.70. The Hall–Kier alpha value is -0.240. The van der Waals surface area contributed by atoms with E-state index in [0.717, 1.165) is 0 Å². The smallest absolute Gasteiger partial charge is 0.189 e. The summed E-state index contributed by atoms with van der Waals surface area (Å²) in [6.07, 6.45) is -2.17. The van der Waals surface area contributed by atoms with Crippen LogP contribution in [-0.2, 0) is 23.7 Å². The zero-order valence-electron chi connectivity index (χ0n) is 7.50. The topological polar surface area (TPSA) is 66.4 Å². The quantitative estimate of drug-likeness (QED) is 0.580. The number of rotatable bonds is 1. The van der Waals surface area contributed by atoms with E-state index in [1.165, 1.54) is 0 Å². The number of hydrogen-bond donors (Lipinski definition) is 1. The Morgan fingerprint density at radius 3 is 2.64 bits per heavy atom. The van der Waals surface area contributed by atoms with Crippen LogP contribution in [0.1, 0.15) is 0 Å². The lowest BCUT2D eigenvalue weighted by Gasteiger charge is -2.20. The van der Waals surface area contributed by atoms with Crippen molar-refractivity contribution in [1.29, 1.82) is 0 Å². The van der Waals surface area contributed by atoms with Crippen LogP contribution in [0.15, 0.2) is 0 Å². The van der Waals surface area contributed by atoms with Gasteiger partial charge in [-0.2, -0.15) is 0 Å². The Kier molecular flexibility index (Phi) is 2.19. The number of fused-ring (bicyclic) bond motifs is 1. The Labute approximate surface area is 80.6 Å². The summed E-state index contributed by atoms with van der Waals surface area (Å²) in [6, 6.07) is 0. The number of hydrogen-bond acceptors (Lipinski definition) is 6. The Bertz CT molecular complexity index is 216. The van der Waals surface area contributed by atoms with Gasteiger partial charge in [0.25, 0.3) is 0 Å². The largest absolute Gasteiger partial charge is 0.387 e. The van der Waals surface area contributed by atoms with Crippen LogP contribution in [0.3, 0.4) is 0 Å². The molecule has 0 spiro atoms. The van der Waals surface area contributed by atoms with Gasteiger partial charge < -0.3 is 28.8 Å². The second-order valence-corrected chi connectivity index (χ2v) is 3.57. The van der Waals surface area contributed by atoms with E-state index in [9.17, 15) is 5.11 Å².